The summed E-state index contributed by atoms with van der Waals surface area (Å²) in [6, 6.07) is 7.03. The largest absolute Gasteiger partial charge is 0.337 e. The van der Waals surface area contributed by atoms with E-state index >= 15 is 0 Å². The third kappa shape index (κ3) is 3.37. The average molecular weight is 333 g/mol. The van der Waals surface area contributed by atoms with Crippen LogP contribution in [0.15, 0.2) is 36.7 Å². The summed E-state index contributed by atoms with van der Waals surface area (Å²) in [6.45, 7) is 2.23. The monoisotopic (exact) mass is 332 g/mol. The number of H-pyrrole nitrogens is 1. The first kappa shape index (κ1) is 15.6. The molecule has 0 unspecified atom stereocenters. The van der Waals surface area contributed by atoms with Crippen molar-refractivity contribution in [2.24, 2.45) is 0 Å². The van der Waals surface area contributed by atoms with E-state index in [0.29, 0.717) is 42.3 Å². The molecule has 0 aliphatic carbocycles. The molecule has 1 saturated heterocycles. The van der Waals surface area contributed by atoms with E-state index in [0.717, 1.165) is 6.42 Å². The Morgan fingerprint density at radius 2 is 1.74 bits per heavy atom. The van der Waals surface area contributed by atoms with Crippen LogP contribution in [0.2, 0.25) is 5.02 Å². The molecule has 6 nitrogen and oxygen atoms in total. The number of hydrogen-bond acceptors (Lipinski definition) is 3. The molecule has 1 fully saturated rings. The van der Waals surface area contributed by atoms with E-state index < -0.39 is 0 Å². The molecule has 0 saturated carbocycles. The molecule has 0 bridgehead atoms. The van der Waals surface area contributed by atoms with E-state index in [1.807, 2.05) is 0 Å². The number of aromatic nitrogens is 2. The van der Waals surface area contributed by atoms with Crippen molar-refractivity contribution in [2.45, 2.75) is 6.42 Å². The summed E-state index contributed by atoms with van der Waals surface area (Å²) >= 11 is 6.10. The number of amides is 2. The lowest BCUT2D eigenvalue weighted by atomic mass is 10.2. The number of aromatic amines is 1. The van der Waals surface area contributed by atoms with Crippen LogP contribution in [0, 0.1) is 0 Å². The van der Waals surface area contributed by atoms with Crippen LogP contribution in [0.1, 0.15) is 27.1 Å². The first-order valence-electron chi connectivity index (χ1n) is 7.48. The molecule has 2 heterocycles. The van der Waals surface area contributed by atoms with Gasteiger partial charge in [0.1, 0.15) is 0 Å². The highest BCUT2D eigenvalue weighted by Gasteiger charge is 2.24. The molecule has 2 aromatic rings. The average Bonchev–Trinajstić information content (AvgIpc) is 2.98. The van der Waals surface area contributed by atoms with Crippen molar-refractivity contribution in [3.63, 3.8) is 0 Å². The van der Waals surface area contributed by atoms with Crippen molar-refractivity contribution < 1.29 is 9.59 Å². The molecule has 0 radical (unpaired) electrons. The van der Waals surface area contributed by atoms with Gasteiger partial charge in [-0.2, -0.15) is 5.10 Å². The van der Waals surface area contributed by atoms with E-state index in [1.165, 1.54) is 6.20 Å². The fourth-order valence-corrected chi connectivity index (χ4v) is 2.90. The highest BCUT2D eigenvalue weighted by molar-refractivity contribution is 6.33. The summed E-state index contributed by atoms with van der Waals surface area (Å²) in [6.07, 6.45) is 3.83. The van der Waals surface area contributed by atoms with Gasteiger partial charge in [-0.25, -0.2) is 0 Å². The topological polar surface area (TPSA) is 69.3 Å². The van der Waals surface area contributed by atoms with Crippen LogP contribution in [0.3, 0.4) is 0 Å². The summed E-state index contributed by atoms with van der Waals surface area (Å²) < 4.78 is 0. The molecule has 1 N–H and O–H groups in total. The Bertz CT molecular complexity index is 702. The van der Waals surface area contributed by atoms with E-state index in [4.69, 9.17) is 11.6 Å². The Balaban J connectivity index is 1.68. The van der Waals surface area contributed by atoms with Crippen molar-refractivity contribution >= 4 is 23.4 Å². The van der Waals surface area contributed by atoms with Crippen LogP contribution in [0.4, 0.5) is 0 Å². The highest BCUT2D eigenvalue weighted by Crippen LogP contribution is 2.18. The van der Waals surface area contributed by atoms with Crippen molar-refractivity contribution in [1.29, 1.82) is 0 Å². The molecule has 0 spiro atoms. The standard InChI is InChI=1S/C16H17ClN4O2/c17-14-5-2-1-4-13(14)16(23)21-7-3-6-20(8-9-21)15(22)12-10-18-19-11-12/h1-2,4-5,10-11H,3,6-9H2,(H,18,19). The van der Waals surface area contributed by atoms with Crippen LogP contribution < -0.4 is 0 Å². The summed E-state index contributed by atoms with van der Waals surface area (Å²) in [5.74, 6) is -0.154. The molecule has 2 amide bonds. The van der Waals surface area contributed by atoms with E-state index in [-0.39, 0.29) is 11.8 Å². The van der Waals surface area contributed by atoms with Crippen LogP contribution in [0.5, 0.6) is 0 Å². The zero-order valence-electron chi connectivity index (χ0n) is 12.5. The number of rotatable bonds is 2. The Morgan fingerprint density at radius 3 is 2.39 bits per heavy atom. The van der Waals surface area contributed by atoms with Crippen molar-refractivity contribution in [3.05, 3.63) is 52.8 Å². The summed E-state index contributed by atoms with van der Waals surface area (Å²) in [4.78, 5) is 28.5. The van der Waals surface area contributed by atoms with Gasteiger partial charge in [0.15, 0.2) is 0 Å². The minimum atomic E-state index is -0.0896. The Kier molecular flexibility index (Phi) is 4.62. The number of hydrogen-bond donors (Lipinski definition) is 1. The van der Waals surface area contributed by atoms with Crippen LogP contribution in [0.25, 0.3) is 0 Å². The van der Waals surface area contributed by atoms with Gasteiger partial charge < -0.3 is 9.80 Å². The number of nitrogens with zero attached hydrogens (tertiary/aromatic N) is 3. The predicted octanol–water partition coefficient (Wildman–Crippen LogP) is 2.05. The number of carbonyl (C=O) groups is 2. The fraction of sp³-hybridized carbons (Fsp3) is 0.312. The van der Waals surface area contributed by atoms with Crippen molar-refractivity contribution in [2.75, 3.05) is 26.2 Å². The maximum atomic E-state index is 12.6. The number of benzene rings is 1. The Morgan fingerprint density at radius 1 is 1.04 bits per heavy atom. The SMILES string of the molecule is O=C(c1cn[nH]c1)N1CCCN(C(=O)c2ccccc2Cl)CC1. The van der Waals surface area contributed by atoms with Gasteiger partial charge in [-0.3, -0.25) is 14.7 Å². The summed E-state index contributed by atoms with van der Waals surface area (Å²) in [7, 11) is 0. The zero-order valence-corrected chi connectivity index (χ0v) is 13.3. The predicted molar refractivity (Wildman–Crippen MR) is 86.5 cm³/mol. The minimum absolute atomic E-state index is 0.0641. The molecule has 23 heavy (non-hydrogen) atoms. The lowest BCUT2D eigenvalue weighted by Gasteiger charge is -2.22. The molecule has 1 aromatic heterocycles. The molecule has 1 aliphatic heterocycles. The quantitative estimate of drug-likeness (QED) is 0.915. The van der Waals surface area contributed by atoms with Crippen LogP contribution in [-0.2, 0) is 0 Å². The Labute approximate surface area is 139 Å². The lowest BCUT2D eigenvalue weighted by Crippen LogP contribution is -2.37. The van der Waals surface area contributed by atoms with Crippen molar-refractivity contribution in [1.82, 2.24) is 20.0 Å². The Hall–Kier alpha value is -2.34. The zero-order chi connectivity index (χ0) is 16.2. The highest BCUT2D eigenvalue weighted by atomic mass is 35.5. The van der Waals surface area contributed by atoms with Gasteiger partial charge in [-0.05, 0) is 18.6 Å². The lowest BCUT2D eigenvalue weighted by molar-refractivity contribution is 0.0719. The first-order valence-corrected chi connectivity index (χ1v) is 7.86. The third-order valence-corrected chi connectivity index (χ3v) is 4.25. The van der Waals surface area contributed by atoms with Crippen LogP contribution >= 0.6 is 11.6 Å². The van der Waals surface area contributed by atoms with Gasteiger partial charge in [-0.1, -0.05) is 23.7 Å². The van der Waals surface area contributed by atoms with Gasteiger partial charge in [0.05, 0.1) is 22.3 Å². The van der Waals surface area contributed by atoms with E-state index in [1.54, 1.807) is 40.3 Å². The van der Waals surface area contributed by atoms with Gasteiger partial charge in [-0.15, -0.1) is 0 Å². The molecule has 1 aromatic carbocycles. The second-order valence-electron chi connectivity index (χ2n) is 5.40. The first-order chi connectivity index (χ1) is 11.2. The third-order valence-electron chi connectivity index (χ3n) is 3.92. The molecule has 1 aliphatic rings. The second kappa shape index (κ2) is 6.83. The van der Waals surface area contributed by atoms with Gasteiger partial charge in [0.2, 0.25) is 0 Å². The number of carbonyl (C=O) groups excluding carboxylic acids is 2. The fourth-order valence-electron chi connectivity index (χ4n) is 2.68. The molecule has 120 valence electrons. The molecular formula is C16H17ClN4O2. The van der Waals surface area contributed by atoms with Crippen LogP contribution in [-0.4, -0.2) is 58.0 Å². The van der Waals surface area contributed by atoms with E-state index in [2.05, 4.69) is 10.2 Å². The number of halogens is 1. The van der Waals surface area contributed by atoms with Gasteiger partial charge in [0.25, 0.3) is 11.8 Å². The second-order valence-corrected chi connectivity index (χ2v) is 5.81. The molecule has 0 atom stereocenters. The normalized spacial score (nSPS) is 15.3. The van der Waals surface area contributed by atoms with Gasteiger partial charge >= 0.3 is 0 Å². The number of nitrogens with one attached hydrogen (secondary N) is 1. The maximum absolute atomic E-state index is 12.6. The smallest absolute Gasteiger partial charge is 0.257 e. The molecule has 3 rings (SSSR count). The minimum Gasteiger partial charge on any atom is -0.337 e. The van der Waals surface area contributed by atoms with Gasteiger partial charge in [0, 0.05) is 32.4 Å². The summed E-state index contributed by atoms with van der Waals surface area (Å²) in [5, 5.41) is 6.90. The van der Waals surface area contributed by atoms with E-state index in [9.17, 15) is 9.59 Å². The van der Waals surface area contributed by atoms with Crippen molar-refractivity contribution in [3.8, 4) is 0 Å². The summed E-state index contributed by atoms with van der Waals surface area (Å²) in [5.41, 5.74) is 1.04. The maximum Gasteiger partial charge on any atom is 0.257 e. The molecule has 7 heteroatoms. The molecular weight excluding hydrogens is 316 g/mol.